The van der Waals surface area contributed by atoms with Crippen molar-refractivity contribution in [3.8, 4) is 5.75 Å². The predicted molar refractivity (Wildman–Crippen MR) is 83.5 cm³/mol. The Morgan fingerprint density at radius 1 is 1.23 bits per heavy atom. The van der Waals surface area contributed by atoms with Gasteiger partial charge in [0, 0.05) is 0 Å². The first-order chi connectivity index (χ1) is 10.6. The zero-order valence-corrected chi connectivity index (χ0v) is 13.2. The largest absolute Gasteiger partial charge is 0.497 e. The van der Waals surface area contributed by atoms with E-state index in [2.05, 4.69) is 29.4 Å². The molecule has 2 aromatic rings. The van der Waals surface area contributed by atoms with Crippen molar-refractivity contribution < 1.29 is 9.53 Å². The third kappa shape index (κ3) is 4.58. The molecule has 1 N–H and O–H groups in total. The summed E-state index contributed by atoms with van der Waals surface area (Å²) in [5, 5.41) is 11.2. The standard InChI is InChI=1S/C16H22N4O2/c1-12(2)15(11-20-17-8-9-18-20)19-16(21)10-13-4-6-14(22-3)7-5-13/h4-9,12,15H,10-11H2,1-3H3,(H,19,21). The number of carbonyl (C=O) groups is 1. The number of hydrogen-bond acceptors (Lipinski definition) is 4. The molecule has 6 nitrogen and oxygen atoms in total. The average molecular weight is 302 g/mol. The van der Waals surface area contributed by atoms with Crippen molar-refractivity contribution in [2.24, 2.45) is 5.92 Å². The number of rotatable bonds is 7. The molecule has 0 fully saturated rings. The molecule has 1 amide bonds. The lowest BCUT2D eigenvalue weighted by atomic mass is 10.0. The molecule has 0 radical (unpaired) electrons. The topological polar surface area (TPSA) is 69.0 Å². The molecule has 0 spiro atoms. The van der Waals surface area contributed by atoms with Crippen molar-refractivity contribution in [2.45, 2.75) is 32.9 Å². The summed E-state index contributed by atoms with van der Waals surface area (Å²) < 4.78 is 5.11. The molecule has 1 aromatic heterocycles. The smallest absolute Gasteiger partial charge is 0.224 e. The van der Waals surface area contributed by atoms with Crippen LogP contribution >= 0.6 is 0 Å². The second kappa shape index (κ2) is 7.59. The lowest BCUT2D eigenvalue weighted by molar-refractivity contribution is -0.121. The van der Waals surface area contributed by atoms with E-state index in [1.54, 1.807) is 24.3 Å². The molecule has 0 aliphatic rings. The zero-order chi connectivity index (χ0) is 15.9. The molecule has 1 aromatic carbocycles. The van der Waals surface area contributed by atoms with Crippen LogP contribution in [0.4, 0.5) is 0 Å². The summed E-state index contributed by atoms with van der Waals surface area (Å²) in [7, 11) is 1.62. The number of carbonyl (C=O) groups excluding carboxylic acids is 1. The van der Waals surface area contributed by atoms with Crippen LogP contribution in [-0.2, 0) is 17.8 Å². The van der Waals surface area contributed by atoms with E-state index in [0.717, 1.165) is 11.3 Å². The minimum atomic E-state index is -0.00368. The maximum atomic E-state index is 12.2. The van der Waals surface area contributed by atoms with Crippen LogP contribution in [0.25, 0.3) is 0 Å². The summed E-state index contributed by atoms with van der Waals surface area (Å²) in [6.07, 6.45) is 3.62. The summed E-state index contributed by atoms with van der Waals surface area (Å²) in [4.78, 5) is 13.8. The highest BCUT2D eigenvalue weighted by molar-refractivity contribution is 5.78. The van der Waals surface area contributed by atoms with Crippen LogP contribution in [-0.4, -0.2) is 34.1 Å². The SMILES string of the molecule is COc1ccc(CC(=O)NC(Cn2nccn2)C(C)C)cc1. The monoisotopic (exact) mass is 302 g/mol. The van der Waals surface area contributed by atoms with Gasteiger partial charge in [-0.2, -0.15) is 15.0 Å². The summed E-state index contributed by atoms with van der Waals surface area (Å²) in [6.45, 7) is 4.71. The molecular formula is C16H22N4O2. The molecule has 0 aliphatic carbocycles. The van der Waals surface area contributed by atoms with E-state index in [4.69, 9.17) is 4.74 Å². The Balaban J connectivity index is 1.92. The van der Waals surface area contributed by atoms with E-state index in [0.29, 0.717) is 18.9 Å². The molecule has 1 heterocycles. The first-order valence-corrected chi connectivity index (χ1v) is 7.35. The Morgan fingerprint density at radius 3 is 2.41 bits per heavy atom. The van der Waals surface area contributed by atoms with Crippen molar-refractivity contribution >= 4 is 5.91 Å². The van der Waals surface area contributed by atoms with E-state index in [-0.39, 0.29) is 11.9 Å². The zero-order valence-electron chi connectivity index (χ0n) is 13.2. The summed E-state index contributed by atoms with van der Waals surface area (Å²) in [5.74, 6) is 1.08. The Labute approximate surface area is 130 Å². The van der Waals surface area contributed by atoms with Crippen LogP contribution in [0.1, 0.15) is 19.4 Å². The lowest BCUT2D eigenvalue weighted by Gasteiger charge is -2.21. The number of hydrogen-bond donors (Lipinski definition) is 1. The molecular weight excluding hydrogens is 280 g/mol. The molecule has 0 aliphatic heterocycles. The molecule has 118 valence electrons. The van der Waals surface area contributed by atoms with Gasteiger partial charge in [0.1, 0.15) is 5.75 Å². The third-order valence-corrected chi connectivity index (χ3v) is 3.50. The fourth-order valence-electron chi connectivity index (χ4n) is 2.12. The first kappa shape index (κ1) is 16.0. The van der Waals surface area contributed by atoms with E-state index >= 15 is 0 Å². The van der Waals surface area contributed by atoms with Gasteiger partial charge in [-0.05, 0) is 23.6 Å². The molecule has 0 saturated heterocycles. The maximum Gasteiger partial charge on any atom is 0.224 e. The predicted octanol–water partition coefficient (Wildman–Crippen LogP) is 1.67. The van der Waals surface area contributed by atoms with Crippen molar-refractivity contribution in [3.63, 3.8) is 0 Å². The third-order valence-electron chi connectivity index (χ3n) is 3.50. The summed E-state index contributed by atoms with van der Waals surface area (Å²) in [6, 6.07) is 7.51. The Bertz CT molecular complexity index is 579. The summed E-state index contributed by atoms with van der Waals surface area (Å²) >= 11 is 0. The number of methoxy groups -OCH3 is 1. The van der Waals surface area contributed by atoms with Crippen LogP contribution in [0.2, 0.25) is 0 Å². The highest BCUT2D eigenvalue weighted by atomic mass is 16.5. The van der Waals surface area contributed by atoms with Crippen LogP contribution in [0.15, 0.2) is 36.7 Å². The van der Waals surface area contributed by atoms with Crippen molar-refractivity contribution in [1.29, 1.82) is 0 Å². The summed E-state index contributed by atoms with van der Waals surface area (Å²) in [5.41, 5.74) is 0.957. The van der Waals surface area contributed by atoms with Gasteiger partial charge in [0.25, 0.3) is 0 Å². The van der Waals surface area contributed by atoms with Gasteiger partial charge in [-0.25, -0.2) is 0 Å². The van der Waals surface area contributed by atoms with E-state index in [1.165, 1.54) is 0 Å². The molecule has 2 rings (SSSR count). The minimum Gasteiger partial charge on any atom is -0.497 e. The van der Waals surface area contributed by atoms with Gasteiger partial charge in [-0.3, -0.25) is 4.79 Å². The van der Waals surface area contributed by atoms with Crippen LogP contribution in [0, 0.1) is 5.92 Å². The number of amides is 1. The molecule has 0 bridgehead atoms. The van der Waals surface area contributed by atoms with E-state index in [9.17, 15) is 4.79 Å². The Hall–Kier alpha value is -2.37. The Morgan fingerprint density at radius 2 is 1.86 bits per heavy atom. The highest BCUT2D eigenvalue weighted by Crippen LogP contribution is 2.12. The fourth-order valence-corrected chi connectivity index (χ4v) is 2.12. The minimum absolute atomic E-state index is 0.00171. The van der Waals surface area contributed by atoms with Gasteiger partial charge in [0.15, 0.2) is 0 Å². The number of nitrogens with zero attached hydrogens (tertiary/aromatic N) is 3. The second-order valence-electron chi connectivity index (χ2n) is 5.53. The van der Waals surface area contributed by atoms with Crippen molar-refractivity contribution in [1.82, 2.24) is 20.3 Å². The Kier molecular flexibility index (Phi) is 5.52. The van der Waals surface area contributed by atoms with Crippen LogP contribution in [0.5, 0.6) is 5.75 Å². The molecule has 22 heavy (non-hydrogen) atoms. The van der Waals surface area contributed by atoms with Gasteiger partial charge in [-0.15, -0.1) is 0 Å². The van der Waals surface area contributed by atoms with Gasteiger partial charge in [-0.1, -0.05) is 26.0 Å². The first-order valence-electron chi connectivity index (χ1n) is 7.35. The van der Waals surface area contributed by atoms with Gasteiger partial charge in [0.2, 0.25) is 5.91 Å². The average Bonchev–Trinajstić information content (AvgIpc) is 3.00. The fraction of sp³-hybridized carbons (Fsp3) is 0.438. The number of ether oxygens (including phenoxy) is 1. The van der Waals surface area contributed by atoms with Crippen LogP contribution < -0.4 is 10.1 Å². The van der Waals surface area contributed by atoms with E-state index in [1.807, 2.05) is 24.3 Å². The van der Waals surface area contributed by atoms with Crippen molar-refractivity contribution in [3.05, 3.63) is 42.2 Å². The van der Waals surface area contributed by atoms with Gasteiger partial charge >= 0.3 is 0 Å². The van der Waals surface area contributed by atoms with Crippen molar-refractivity contribution in [2.75, 3.05) is 7.11 Å². The van der Waals surface area contributed by atoms with Gasteiger partial charge < -0.3 is 10.1 Å². The molecule has 1 atom stereocenters. The lowest BCUT2D eigenvalue weighted by Crippen LogP contribution is -2.42. The maximum absolute atomic E-state index is 12.2. The van der Waals surface area contributed by atoms with Crippen LogP contribution in [0.3, 0.4) is 0 Å². The number of nitrogens with one attached hydrogen (secondary N) is 1. The van der Waals surface area contributed by atoms with E-state index < -0.39 is 0 Å². The number of aromatic nitrogens is 3. The highest BCUT2D eigenvalue weighted by Gasteiger charge is 2.17. The quantitative estimate of drug-likeness (QED) is 0.844. The normalized spacial score (nSPS) is 12.2. The number of benzene rings is 1. The molecule has 6 heteroatoms. The second-order valence-corrected chi connectivity index (χ2v) is 5.53. The molecule has 0 saturated carbocycles. The molecule has 1 unspecified atom stereocenters. The van der Waals surface area contributed by atoms with Gasteiger partial charge in [0.05, 0.1) is 38.5 Å².